The van der Waals surface area contributed by atoms with Gasteiger partial charge in [-0.1, -0.05) is 39.0 Å². The Morgan fingerprint density at radius 1 is 1.07 bits per heavy atom. The van der Waals surface area contributed by atoms with Crippen molar-refractivity contribution in [2.75, 3.05) is 38.2 Å². The SMILES string of the molecule is CC(C)(C)c1ccc(OCC(=O)Nc2cccc(C(=O)N3CCOCC3)c2)cc1. The summed E-state index contributed by atoms with van der Waals surface area (Å²) in [5, 5.41) is 2.79. The molecule has 2 aromatic rings. The highest BCUT2D eigenvalue weighted by molar-refractivity contribution is 5.97. The third-order valence-corrected chi connectivity index (χ3v) is 4.78. The van der Waals surface area contributed by atoms with Crippen molar-refractivity contribution < 1.29 is 19.1 Å². The lowest BCUT2D eigenvalue weighted by atomic mass is 9.87. The molecule has 0 bridgehead atoms. The van der Waals surface area contributed by atoms with Crippen molar-refractivity contribution >= 4 is 17.5 Å². The van der Waals surface area contributed by atoms with Gasteiger partial charge in [0.05, 0.1) is 13.2 Å². The van der Waals surface area contributed by atoms with E-state index in [9.17, 15) is 9.59 Å². The highest BCUT2D eigenvalue weighted by Gasteiger charge is 2.19. The predicted molar refractivity (Wildman–Crippen MR) is 112 cm³/mol. The second-order valence-electron chi connectivity index (χ2n) is 8.10. The van der Waals surface area contributed by atoms with Crippen LogP contribution in [0, 0.1) is 0 Å². The van der Waals surface area contributed by atoms with Gasteiger partial charge >= 0.3 is 0 Å². The van der Waals surface area contributed by atoms with Gasteiger partial charge in [-0.15, -0.1) is 0 Å². The zero-order valence-electron chi connectivity index (χ0n) is 17.2. The van der Waals surface area contributed by atoms with E-state index in [-0.39, 0.29) is 23.8 Å². The number of morpholine rings is 1. The highest BCUT2D eigenvalue weighted by atomic mass is 16.5. The third-order valence-electron chi connectivity index (χ3n) is 4.78. The van der Waals surface area contributed by atoms with Gasteiger partial charge in [0.15, 0.2) is 6.61 Å². The molecule has 1 fully saturated rings. The van der Waals surface area contributed by atoms with E-state index in [1.54, 1.807) is 29.2 Å². The van der Waals surface area contributed by atoms with E-state index in [1.807, 2.05) is 24.3 Å². The molecule has 0 aromatic heterocycles. The Kier molecular flexibility index (Phi) is 6.54. The molecule has 0 radical (unpaired) electrons. The Balaban J connectivity index is 1.54. The Morgan fingerprint density at radius 2 is 1.76 bits per heavy atom. The second-order valence-corrected chi connectivity index (χ2v) is 8.10. The van der Waals surface area contributed by atoms with Crippen LogP contribution in [0.25, 0.3) is 0 Å². The monoisotopic (exact) mass is 396 g/mol. The first-order valence-corrected chi connectivity index (χ1v) is 9.83. The molecule has 6 nitrogen and oxygen atoms in total. The zero-order chi connectivity index (χ0) is 20.9. The summed E-state index contributed by atoms with van der Waals surface area (Å²) < 4.78 is 10.9. The molecule has 1 aliphatic heterocycles. The van der Waals surface area contributed by atoms with Gasteiger partial charge in [-0.3, -0.25) is 9.59 Å². The lowest BCUT2D eigenvalue weighted by molar-refractivity contribution is -0.118. The fourth-order valence-electron chi connectivity index (χ4n) is 3.08. The van der Waals surface area contributed by atoms with E-state index in [4.69, 9.17) is 9.47 Å². The van der Waals surface area contributed by atoms with E-state index in [1.165, 1.54) is 5.56 Å². The molecule has 1 N–H and O–H groups in total. The van der Waals surface area contributed by atoms with Crippen LogP contribution in [-0.4, -0.2) is 49.6 Å². The number of rotatable bonds is 5. The quantitative estimate of drug-likeness (QED) is 0.840. The van der Waals surface area contributed by atoms with Gasteiger partial charge in [-0.05, 0) is 41.3 Å². The van der Waals surface area contributed by atoms with Gasteiger partial charge in [-0.25, -0.2) is 0 Å². The van der Waals surface area contributed by atoms with Crippen LogP contribution < -0.4 is 10.1 Å². The molecule has 0 aliphatic carbocycles. The number of benzene rings is 2. The average Bonchev–Trinajstić information content (AvgIpc) is 2.72. The predicted octanol–water partition coefficient (Wildman–Crippen LogP) is 3.47. The Hall–Kier alpha value is -2.86. The highest BCUT2D eigenvalue weighted by Crippen LogP contribution is 2.24. The molecule has 6 heteroatoms. The topological polar surface area (TPSA) is 67.9 Å². The first-order chi connectivity index (χ1) is 13.8. The van der Waals surface area contributed by atoms with E-state index < -0.39 is 0 Å². The zero-order valence-corrected chi connectivity index (χ0v) is 17.2. The summed E-state index contributed by atoms with van der Waals surface area (Å²) >= 11 is 0. The number of ether oxygens (including phenoxy) is 2. The average molecular weight is 396 g/mol. The molecule has 1 heterocycles. The van der Waals surface area contributed by atoms with Gasteiger partial charge in [0, 0.05) is 24.3 Å². The van der Waals surface area contributed by atoms with Crippen LogP contribution in [-0.2, 0) is 14.9 Å². The second kappa shape index (κ2) is 9.09. The summed E-state index contributed by atoms with van der Waals surface area (Å²) in [7, 11) is 0. The van der Waals surface area contributed by atoms with E-state index in [0.717, 1.165) is 0 Å². The van der Waals surface area contributed by atoms with Gasteiger partial charge < -0.3 is 19.7 Å². The summed E-state index contributed by atoms with van der Waals surface area (Å²) in [6, 6.07) is 14.7. The first-order valence-electron chi connectivity index (χ1n) is 9.83. The molecule has 154 valence electrons. The van der Waals surface area contributed by atoms with Crippen molar-refractivity contribution in [3.05, 3.63) is 59.7 Å². The van der Waals surface area contributed by atoms with Crippen LogP contribution in [0.3, 0.4) is 0 Å². The number of hydrogen-bond donors (Lipinski definition) is 1. The molecule has 0 saturated carbocycles. The minimum Gasteiger partial charge on any atom is -0.484 e. The van der Waals surface area contributed by atoms with Crippen LogP contribution in [0.2, 0.25) is 0 Å². The van der Waals surface area contributed by atoms with Gasteiger partial charge in [-0.2, -0.15) is 0 Å². The van der Waals surface area contributed by atoms with Crippen molar-refractivity contribution in [1.82, 2.24) is 4.90 Å². The van der Waals surface area contributed by atoms with Crippen LogP contribution in [0.4, 0.5) is 5.69 Å². The smallest absolute Gasteiger partial charge is 0.262 e. The standard InChI is InChI=1S/C23H28N2O4/c1-23(2,3)18-7-9-20(10-8-18)29-16-21(26)24-19-6-4-5-17(15-19)22(27)25-11-13-28-14-12-25/h4-10,15H,11-14,16H2,1-3H3,(H,24,26). The van der Waals surface area contributed by atoms with Crippen molar-refractivity contribution in [2.24, 2.45) is 0 Å². The molecule has 2 amide bonds. The minimum atomic E-state index is -0.277. The molecule has 3 rings (SSSR count). The molecule has 1 aliphatic rings. The molecule has 2 aromatic carbocycles. The van der Waals surface area contributed by atoms with E-state index in [2.05, 4.69) is 26.1 Å². The minimum absolute atomic E-state index is 0.0559. The number of amides is 2. The van der Waals surface area contributed by atoms with Gasteiger partial charge in [0.2, 0.25) is 0 Å². The number of hydrogen-bond acceptors (Lipinski definition) is 4. The number of anilines is 1. The molecule has 0 atom stereocenters. The number of nitrogens with one attached hydrogen (secondary N) is 1. The fourth-order valence-corrected chi connectivity index (χ4v) is 3.08. The molecular weight excluding hydrogens is 368 g/mol. The van der Waals surface area contributed by atoms with E-state index in [0.29, 0.717) is 43.3 Å². The molecule has 1 saturated heterocycles. The van der Waals surface area contributed by atoms with Crippen molar-refractivity contribution in [3.8, 4) is 5.75 Å². The summed E-state index contributed by atoms with van der Waals surface area (Å²) in [5.74, 6) is 0.310. The molecule has 0 spiro atoms. The van der Waals surface area contributed by atoms with Gasteiger partial charge in [0.1, 0.15) is 5.75 Å². The van der Waals surface area contributed by atoms with Crippen LogP contribution in [0.15, 0.2) is 48.5 Å². The molecule has 0 unspecified atom stereocenters. The molecule has 29 heavy (non-hydrogen) atoms. The first kappa shape index (κ1) is 20.9. The van der Waals surface area contributed by atoms with Gasteiger partial charge in [0.25, 0.3) is 11.8 Å². The number of carbonyl (C=O) groups is 2. The van der Waals surface area contributed by atoms with Crippen molar-refractivity contribution in [3.63, 3.8) is 0 Å². The normalized spacial score (nSPS) is 14.4. The summed E-state index contributed by atoms with van der Waals surface area (Å²) in [6.07, 6.45) is 0. The molecular formula is C23H28N2O4. The lowest BCUT2D eigenvalue weighted by Gasteiger charge is -2.27. The number of nitrogens with zero attached hydrogens (tertiary/aromatic N) is 1. The summed E-state index contributed by atoms with van der Waals surface area (Å²) in [5.41, 5.74) is 2.39. The van der Waals surface area contributed by atoms with Crippen LogP contribution in [0.5, 0.6) is 5.75 Å². The largest absolute Gasteiger partial charge is 0.484 e. The number of carbonyl (C=O) groups excluding carboxylic acids is 2. The Bertz CT molecular complexity index is 850. The van der Waals surface area contributed by atoms with Crippen LogP contribution >= 0.6 is 0 Å². The van der Waals surface area contributed by atoms with Crippen molar-refractivity contribution in [2.45, 2.75) is 26.2 Å². The maximum atomic E-state index is 12.6. The Labute approximate surface area is 171 Å². The Morgan fingerprint density at radius 3 is 2.41 bits per heavy atom. The summed E-state index contributed by atoms with van der Waals surface area (Å²) in [4.78, 5) is 26.6. The maximum Gasteiger partial charge on any atom is 0.262 e. The maximum absolute atomic E-state index is 12.6. The third kappa shape index (κ3) is 5.81. The summed E-state index contributed by atoms with van der Waals surface area (Å²) in [6.45, 7) is 8.61. The van der Waals surface area contributed by atoms with E-state index >= 15 is 0 Å². The van der Waals surface area contributed by atoms with Crippen molar-refractivity contribution in [1.29, 1.82) is 0 Å². The fraction of sp³-hybridized carbons (Fsp3) is 0.391. The van der Waals surface area contributed by atoms with Crippen LogP contribution in [0.1, 0.15) is 36.7 Å². The lowest BCUT2D eigenvalue weighted by Crippen LogP contribution is -2.40.